The van der Waals surface area contributed by atoms with Crippen LogP contribution in [0.2, 0.25) is 0 Å². The fraction of sp³-hybridized carbons (Fsp3) is 0.538. The molecule has 0 spiro atoms. The van der Waals surface area contributed by atoms with Crippen LogP contribution in [0.3, 0.4) is 0 Å². The number of likely N-dealkylation sites (tertiary alicyclic amines) is 1. The number of hydrogen-bond acceptors (Lipinski definition) is 12. The number of ether oxygens (including phenoxy) is 2. The Morgan fingerprint density at radius 1 is 1.11 bits per heavy atom. The summed E-state index contributed by atoms with van der Waals surface area (Å²) in [6.45, 7) is 12.9. The first-order valence-electron chi connectivity index (χ1n) is 18.8. The third-order valence-corrected chi connectivity index (χ3v) is 12.4. The first-order valence-corrected chi connectivity index (χ1v) is 21.6. The zero-order valence-corrected chi connectivity index (χ0v) is 34.1. The van der Waals surface area contributed by atoms with Crippen molar-refractivity contribution in [1.29, 1.82) is 0 Å². The van der Waals surface area contributed by atoms with Crippen molar-refractivity contribution in [3.63, 3.8) is 0 Å². The number of thiazole rings is 1. The number of rotatable bonds is 13. The van der Waals surface area contributed by atoms with Crippen LogP contribution in [0.4, 0.5) is 9.93 Å². The highest BCUT2D eigenvalue weighted by Crippen LogP contribution is 2.45. The number of benzene rings is 1. The summed E-state index contributed by atoms with van der Waals surface area (Å²) in [4.78, 5) is 64.9. The molecule has 3 aromatic rings. The van der Waals surface area contributed by atoms with E-state index in [1.54, 1.807) is 44.4 Å². The van der Waals surface area contributed by atoms with E-state index in [-0.39, 0.29) is 47.7 Å². The molecule has 3 amide bonds. The molecule has 1 aliphatic heterocycles. The van der Waals surface area contributed by atoms with Crippen LogP contribution in [0.15, 0.2) is 47.2 Å². The first kappa shape index (κ1) is 40.9. The van der Waals surface area contributed by atoms with Gasteiger partial charge in [-0.1, -0.05) is 32.9 Å². The zero-order chi connectivity index (χ0) is 40.7. The predicted molar refractivity (Wildman–Crippen MR) is 211 cm³/mol. The summed E-state index contributed by atoms with van der Waals surface area (Å²) in [6, 6.07) is 4.19. The summed E-state index contributed by atoms with van der Waals surface area (Å²) in [5, 5.41) is 21.6. The van der Waals surface area contributed by atoms with Crippen LogP contribution >= 0.6 is 11.3 Å². The Kier molecular flexibility index (Phi) is 11.4. The average Bonchev–Trinajstić information content (AvgIpc) is 3.52. The molecule has 302 valence electrons. The van der Waals surface area contributed by atoms with Crippen molar-refractivity contribution >= 4 is 61.1 Å². The number of nitrogens with zero attached hydrogens (tertiary/aromatic N) is 3. The number of aromatic nitrogens is 2. The highest BCUT2D eigenvalue weighted by molar-refractivity contribution is 7.91. The van der Waals surface area contributed by atoms with Gasteiger partial charge in [0.15, 0.2) is 15.0 Å². The van der Waals surface area contributed by atoms with Gasteiger partial charge < -0.3 is 35.4 Å². The van der Waals surface area contributed by atoms with Crippen LogP contribution in [0, 0.1) is 11.3 Å². The Balaban J connectivity index is 1.36. The molecule has 1 aromatic carbocycles. The number of para-hydroxylation sites is 1. The summed E-state index contributed by atoms with van der Waals surface area (Å²) in [5.41, 5.74) is -1.39. The van der Waals surface area contributed by atoms with E-state index in [4.69, 9.17) is 14.5 Å². The lowest BCUT2D eigenvalue weighted by Crippen LogP contribution is -2.59. The molecule has 0 bridgehead atoms. The minimum atomic E-state index is -3.74. The number of carboxylic acids is 1. The van der Waals surface area contributed by atoms with Crippen LogP contribution in [0.5, 0.6) is 5.75 Å². The highest BCUT2D eigenvalue weighted by Gasteiger charge is 2.61. The molecule has 3 fully saturated rings. The minimum Gasteiger partial charge on any atom is -0.488 e. The smallest absolute Gasteiger partial charge is 0.408 e. The molecule has 2 saturated carbocycles. The van der Waals surface area contributed by atoms with Gasteiger partial charge in [0.1, 0.15) is 41.3 Å². The number of sulfone groups is 1. The summed E-state index contributed by atoms with van der Waals surface area (Å²) < 4.78 is 38.2. The number of carbonyl (C=O) groups is 4. The molecule has 0 unspecified atom stereocenters. The van der Waals surface area contributed by atoms with Crippen LogP contribution < -0.4 is 20.7 Å². The molecule has 15 nitrogen and oxygen atoms in total. The van der Waals surface area contributed by atoms with Gasteiger partial charge in [-0.3, -0.25) is 9.59 Å². The number of alkyl carbamates (subject to hydrolysis) is 1. The summed E-state index contributed by atoms with van der Waals surface area (Å²) in [5.74, 6) is -2.72. The predicted octanol–water partition coefficient (Wildman–Crippen LogP) is 5.16. The quantitative estimate of drug-likeness (QED) is 0.165. The second-order valence-electron chi connectivity index (χ2n) is 16.3. The number of fused-ring (bicyclic) bond motifs is 1. The maximum absolute atomic E-state index is 14.6. The van der Waals surface area contributed by atoms with Crippen LogP contribution in [-0.2, 0) is 29.0 Å². The van der Waals surface area contributed by atoms with Crippen molar-refractivity contribution in [2.45, 2.75) is 114 Å². The van der Waals surface area contributed by atoms with Gasteiger partial charge in [-0.15, -0.1) is 17.9 Å². The van der Waals surface area contributed by atoms with Gasteiger partial charge >= 0.3 is 12.1 Å². The topological polar surface area (TPSA) is 206 Å². The molecule has 2 aromatic heterocycles. The lowest BCUT2D eigenvalue weighted by molar-refractivity contribution is -0.146. The molecule has 2 aliphatic carbocycles. The third-order valence-electron chi connectivity index (χ3n) is 10.5. The summed E-state index contributed by atoms with van der Waals surface area (Å²) >= 11 is 1.37. The van der Waals surface area contributed by atoms with Gasteiger partial charge in [0.25, 0.3) is 0 Å². The van der Waals surface area contributed by atoms with Crippen molar-refractivity contribution < 1.29 is 42.2 Å². The van der Waals surface area contributed by atoms with Gasteiger partial charge in [0.05, 0.1) is 22.7 Å². The molecule has 6 rings (SSSR count). The standard InChI is InChI=1S/C39H50N6O9S2/c1-8-22-18-39(22,35(48)49)44-33(46)28-16-24(19-45(28)34(47)32(38(4,5)6)43-37(50)54-23-12-9-10-13-23)53-29-17-26(27-20-55-36(42-27)40-21(2)3)41-31-25(29)14-11-15-30(31)56(7,51)52/h8,11,14-15,17,20-24,28,32H,1,9-10,12-13,16,18-19H2,2-7H3,(H,40,42)(H,43,50)(H,44,46)(H,48,49)/t22-,24-,28+,32-,39-/m1/s1. The maximum atomic E-state index is 14.6. The number of amides is 3. The molecular formula is C39H50N6O9S2. The SMILES string of the molecule is C=C[C@@H]1C[C@]1(NC(=O)[C@@H]1C[C@@H](Oc2cc(-c3csc(NC(C)C)n3)nc3c(S(C)(=O)=O)cccc23)CN1C(=O)[C@@H](NC(=O)OC1CCCC1)C(C)(C)C)C(=O)O. The van der Waals surface area contributed by atoms with Crippen LogP contribution in [-0.4, -0.2) is 101 Å². The fourth-order valence-corrected chi connectivity index (χ4v) is 9.10. The zero-order valence-electron chi connectivity index (χ0n) is 32.5. The van der Waals surface area contributed by atoms with Crippen molar-refractivity contribution in [1.82, 2.24) is 25.5 Å². The normalized spacial score (nSPS) is 23.1. The molecule has 17 heteroatoms. The fourth-order valence-electron chi connectivity index (χ4n) is 7.42. The van der Waals surface area contributed by atoms with Crippen molar-refractivity contribution in [3.05, 3.63) is 42.3 Å². The Labute approximate surface area is 330 Å². The molecule has 3 heterocycles. The average molecular weight is 811 g/mol. The van der Waals surface area contributed by atoms with Crippen LogP contribution in [0.25, 0.3) is 22.3 Å². The monoisotopic (exact) mass is 810 g/mol. The van der Waals surface area contributed by atoms with Gasteiger partial charge in [-0.2, -0.15) is 0 Å². The molecule has 3 aliphatic rings. The van der Waals surface area contributed by atoms with Crippen LogP contribution in [0.1, 0.15) is 73.1 Å². The Bertz CT molecular complexity index is 2140. The van der Waals surface area contributed by atoms with E-state index in [1.807, 2.05) is 13.8 Å². The highest BCUT2D eigenvalue weighted by atomic mass is 32.2. The number of carboxylic acid groups (broad SMARTS) is 1. The largest absolute Gasteiger partial charge is 0.488 e. The Morgan fingerprint density at radius 3 is 2.43 bits per heavy atom. The van der Waals surface area contributed by atoms with Crippen molar-refractivity contribution in [2.24, 2.45) is 11.3 Å². The first-order chi connectivity index (χ1) is 26.3. The molecule has 56 heavy (non-hydrogen) atoms. The lowest BCUT2D eigenvalue weighted by atomic mass is 9.85. The third kappa shape index (κ3) is 8.62. The van der Waals surface area contributed by atoms with E-state index in [9.17, 15) is 32.7 Å². The second kappa shape index (κ2) is 15.6. The van der Waals surface area contributed by atoms with E-state index < -0.39 is 68.8 Å². The number of carbonyl (C=O) groups excluding carboxylic acids is 3. The van der Waals surface area contributed by atoms with Gasteiger partial charge in [0, 0.05) is 41.5 Å². The van der Waals surface area contributed by atoms with Gasteiger partial charge in [0.2, 0.25) is 11.8 Å². The number of pyridine rings is 1. The van der Waals surface area contributed by atoms with Gasteiger partial charge in [-0.25, -0.2) is 28.0 Å². The molecule has 5 atom stereocenters. The Morgan fingerprint density at radius 2 is 1.82 bits per heavy atom. The molecule has 0 radical (unpaired) electrons. The Hall–Kier alpha value is -4.77. The number of nitrogens with one attached hydrogen (secondary N) is 3. The molecular weight excluding hydrogens is 761 g/mol. The van der Waals surface area contributed by atoms with E-state index in [0.717, 1.165) is 31.9 Å². The summed E-state index contributed by atoms with van der Waals surface area (Å²) in [7, 11) is -3.74. The number of aliphatic carboxylic acids is 1. The van der Waals surface area contributed by atoms with E-state index in [0.29, 0.717) is 21.9 Å². The molecule has 4 N–H and O–H groups in total. The molecule has 1 saturated heterocycles. The van der Waals surface area contributed by atoms with Crippen molar-refractivity contribution in [3.8, 4) is 17.1 Å². The maximum Gasteiger partial charge on any atom is 0.408 e. The van der Waals surface area contributed by atoms with E-state index >= 15 is 0 Å². The second-order valence-corrected chi connectivity index (χ2v) is 19.2. The number of hydrogen-bond donors (Lipinski definition) is 4. The minimum absolute atomic E-state index is 0.0123. The van der Waals surface area contributed by atoms with Crippen molar-refractivity contribution in [2.75, 3.05) is 18.1 Å². The van der Waals surface area contributed by atoms with Gasteiger partial charge in [-0.05, 0) is 63.5 Å². The number of anilines is 1. The summed E-state index contributed by atoms with van der Waals surface area (Å²) in [6.07, 6.45) is 4.24. The van der Waals surface area contributed by atoms with E-state index in [2.05, 4.69) is 27.5 Å². The van der Waals surface area contributed by atoms with E-state index in [1.165, 1.54) is 28.4 Å². The lowest BCUT2D eigenvalue weighted by Gasteiger charge is -2.35.